The predicted octanol–water partition coefficient (Wildman–Crippen LogP) is 3.97. The van der Waals surface area contributed by atoms with Crippen LogP contribution in [-0.2, 0) is 19.6 Å². The van der Waals surface area contributed by atoms with E-state index in [4.69, 9.17) is 14.2 Å². The number of anilines is 2. The maximum atomic E-state index is 13.2. The highest BCUT2D eigenvalue weighted by molar-refractivity contribution is 14.1. The first kappa shape index (κ1) is 24.7. The first-order valence-electron chi connectivity index (χ1n) is 10.4. The lowest BCUT2D eigenvalue weighted by molar-refractivity contribution is -0.145. The third-order valence-electron chi connectivity index (χ3n) is 4.88. The van der Waals surface area contributed by atoms with Gasteiger partial charge in [-0.05, 0) is 53.8 Å². The lowest BCUT2D eigenvalue weighted by Crippen LogP contribution is -2.15. The first-order chi connectivity index (χ1) is 16.8. The minimum Gasteiger partial charge on any atom is -0.493 e. The van der Waals surface area contributed by atoms with Crippen molar-refractivity contribution in [3.05, 3.63) is 64.6 Å². The van der Waals surface area contributed by atoms with Gasteiger partial charge in [0.2, 0.25) is 0 Å². The molecule has 2 aromatic heterocycles. The Labute approximate surface area is 215 Å². The van der Waals surface area contributed by atoms with Crippen molar-refractivity contribution in [3.63, 3.8) is 0 Å². The number of methoxy groups -OCH3 is 1. The number of carbonyl (C=O) groups excluding carboxylic acids is 1. The third kappa shape index (κ3) is 5.17. The van der Waals surface area contributed by atoms with Crippen molar-refractivity contribution in [2.75, 3.05) is 25.6 Å². The summed E-state index contributed by atoms with van der Waals surface area (Å²) in [6.45, 7) is 1.69. The van der Waals surface area contributed by atoms with E-state index in [1.807, 2.05) is 0 Å². The number of fused-ring (bicyclic) bond motifs is 1. The summed E-state index contributed by atoms with van der Waals surface area (Å²) in [5.74, 6) is 0.668. The molecular formula is C23H21IN4O6S. The normalized spacial score (nSPS) is 11.3. The number of benzene rings is 2. The minimum absolute atomic E-state index is 0.153. The Kier molecular flexibility index (Phi) is 7.40. The zero-order valence-electron chi connectivity index (χ0n) is 18.8. The summed E-state index contributed by atoms with van der Waals surface area (Å²) in [6, 6.07) is 13.2. The van der Waals surface area contributed by atoms with E-state index in [0.717, 1.165) is 3.97 Å². The van der Waals surface area contributed by atoms with Gasteiger partial charge in [-0.15, -0.1) is 0 Å². The van der Waals surface area contributed by atoms with E-state index in [9.17, 15) is 13.2 Å². The average Bonchev–Trinajstić information content (AvgIpc) is 3.22. The van der Waals surface area contributed by atoms with E-state index in [2.05, 4.69) is 37.9 Å². The smallest absolute Gasteiger partial charge is 0.344 e. The quantitative estimate of drug-likeness (QED) is 0.222. The molecule has 0 spiro atoms. The van der Waals surface area contributed by atoms with Gasteiger partial charge in [0, 0.05) is 21.5 Å². The number of esters is 1. The van der Waals surface area contributed by atoms with E-state index in [1.54, 1.807) is 43.3 Å². The van der Waals surface area contributed by atoms with Crippen molar-refractivity contribution in [3.8, 4) is 11.5 Å². The maximum Gasteiger partial charge on any atom is 0.344 e. The number of hydrogen-bond acceptors (Lipinski definition) is 9. The average molecular weight is 608 g/mol. The second-order valence-corrected chi connectivity index (χ2v) is 10.1. The highest BCUT2D eigenvalue weighted by atomic mass is 127. The summed E-state index contributed by atoms with van der Waals surface area (Å²) in [5, 5.41) is 3.72. The van der Waals surface area contributed by atoms with Crippen LogP contribution in [0.3, 0.4) is 0 Å². The number of halogens is 1. The summed E-state index contributed by atoms with van der Waals surface area (Å²) in [6.07, 6.45) is 2.80. The van der Waals surface area contributed by atoms with Crippen molar-refractivity contribution < 1.29 is 27.4 Å². The first-order valence-corrected chi connectivity index (χ1v) is 12.9. The number of carbonyl (C=O) groups is 1. The third-order valence-corrected chi connectivity index (χ3v) is 7.36. The molecule has 0 saturated heterocycles. The number of hydrogen-bond donors (Lipinski definition) is 1. The molecule has 4 aromatic rings. The van der Waals surface area contributed by atoms with Crippen molar-refractivity contribution in [2.24, 2.45) is 0 Å². The summed E-state index contributed by atoms with van der Waals surface area (Å²) in [4.78, 5) is 20.4. The van der Waals surface area contributed by atoms with E-state index < -0.39 is 16.0 Å². The lowest BCUT2D eigenvalue weighted by Gasteiger charge is -2.13. The number of nitrogens with zero attached hydrogens (tertiary/aromatic N) is 3. The Bertz CT molecular complexity index is 1470. The predicted molar refractivity (Wildman–Crippen MR) is 138 cm³/mol. The Hall–Kier alpha value is -3.39. The van der Waals surface area contributed by atoms with Gasteiger partial charge in [-0.2, -0.15) is 0 Å². The van der Waals surface area contributed by atoms with Gasteiger partial charge in [0.15, 0.2) is 23.8 Å². The van der Waals surface area contributed by atoms with E-state index >= 15 is 0 Å². The summed E-state index contributed by atoms with van der Waals surface area (Å²) < 4.78 is 44.0. The molecule has 1 N–H and O–H groups in total. The highest BCUT2D eigenvalue weighted by Crippen LogP contribution is 2.34. The Morgan fingerprint density at radius 2 is 1.89 bits per heavy atom. The van der Waals surface area contributed by atoms with Crippen LogP contribution in [0.25, 0.3) is 11.0 Å². The molecular weight excluding hydrogens is 587 g/mol. The molecule has 0 radical (unpaired) electrons. The van der Waals surface area contributed by atoms with Gasteiger partial charge in [0.1, 0.15) is 12.1 Å². The van der Waals surface area contributed by atoms with Crippen LogP contribution in [0.2, 0.25) is 0 Å². The highest BCUT2D eigenvalue weighted by Gasteiger charge is 2.23. The molecule has 10 nitrogen and oxygen atoms in total. The second kappa shape index (κ2) is 10.5. The molecule has 182 valence electrons. The minimum atomic E-state index is -3.86. The van der Waals surface area contributed by atoms with Crippen LogP contribution in [-0.4, -0.2) is 48.7 Å². The SMILES string of the molecule is CCOC(=O)COc1cc(Nc2ncnc3c2c(I)cn3S(=O)(=O)c2ccccc2)ccc1OC. The molecule has 0 unspecified atom stereocenters. The number of ether oxygens (including phenoxy) is 3. The van der Waals surface area contributed by atoms with Crippen LogP contribution in [0.4, 0.5) is 11.5 Å². The van der Waals surface area contributed by atoms with Crippen molar-refractivity contribution in [2.45, 2.75) is 11.8 Å². The van der Waals surface area contributed by atoms with Gasteiger partial charge in [-0.25, -0.2) is 27.2 Å². The van der Waals surface area contributed by atoms with Crippen molar-refractivity contribution >= 4 is 61.1 Å². The van der Waals surface area contributed by atoms with Gasteiger partial charge >= 0.3 is 5.97 Å². The topological polar surface area (TPSA) is 122 Å². The molecule has 0 amide bonds. The summed E-state index contributed by atoms with van der Waals surface area (Å²) >= 11 is 2.05. The van der Waals surface area contributed by atoms with Crippen LogP contribution in [0.15, 0.2) is 66.0 Å². The lowest BCUT2D eigenvalue weighted by atomic mass is 10.2. The molecule has 0 aliphatic heterocycles. The van der Waals surface area contributed by atoms with Crippen LogP contribution in [0, 0.1) is 3.57 Å². The molecule has 0 bridgehead atoms. The molecule has 2 heterocycles. The second-order valence-electron chi connectivity index (χ2n) is 7.10. The fourth-order valence-electron chi connectivity index (χ4n) is 3.32. The summed E-state index contributed by atoms with van der Waals surface area (Å²) in [7, 11) is -2.36. The molecule has 35 heavy (non-hydrogen) atoms. The Balaban J connectivity index is 1.69. The molecule has 0 atom stereocenters. The van der Waals surface area contributed by atoms with Crippen LogP contribution >= 0.6 is 22.6 Å². The number of nitrogens with one attached hydrogen (secondary N) is 1. The standard InChI is InChI=1S/C23H21IN4O6S/c1-3-33-20(29)13-34-19-11-15(9-10-18(19)32-2)27-22-21-17(24)12-28(23(21)26-14-25-22)35(30,31)16-7-5-4-6-8-16/h4-12,14H,3,13H2,1-2H3,(H,25,26,27). The van der Waals surface area contributed by atoms with Crippen LogP contribution in [0.5, 0.6) is 11.5 Å². The van der Waals surface area contributed by atoms with Crippen molar-refractivity contribution in [1.82, 2.24) is 13.9 Å². The van der Waals surface area contributed by atoms with E-state index in [0.29, 0.717) is 32.0 Å². The molecule has 12 heteroatoms. The van der Waals surface area contributed by atoms with Gasteiger partial charge in [0.25, 0.3) is 10.0 Å². The van der Waals surface area contributed by atoms with Crippen molar-refractivity contribution in [1.29, 1.82) is 0 Å². The van der Waals surface area contributed by atoms with E-state index in [1.165, 1.54) is 31.8 Å². The monoisotopic (exact) mass is 608 g/mol. The van der Waals surface area contributed by atoms with Gasteiger partial charge in [-0.1, -0.05) is 18.2 Å². The molecule has 0 aliphatic carbocycles. The maximum absolute atomic E-state index is 13.2. The summed E-state index contributed by atoms with van der Waals surface area (Å²) in [5.41, 5.74) is 0.821. The molecule has 2 aromatic carbocycles. The zero-order chi connectivity index (χ0) is 25.0. The molecule has 0 fully saturated rings. The van der Waals surface area contributed by atoms with Crippen LogP contribution in [0.1, 0.15) is 6.92 Å². The molecule has 0 aliphatic rings. The molecule has 0 saturated carbocycles. The number of aromatic nitrogens is 3. The fourth-order valence-corrected chi connectivity index (χ4v) is 5.62. The zero-order valence-corrected chi connectivity index (χ0v) is 21.7. The Morgan fingerprint density at radius 3 is 2.60 bits per heavy atom. The van der Waals surface area contributed by atoms with Gasteiger partial charge in [0.05, 0.1) is 24.0 Å². The largest absolute Gasteiger partial charge is 0.493 e. The Morgan fingerprint density at radius 1 is 1.11 bits per heavy atom. The van der Waals surface area contributed by atoms with Gasteiger partial charge < -0.3 is 19.5 Å². The fraction of sp³-hybridized carbons (Fsp3) is 0.174. The van der Waals surface area contributed by atoms with Crippen LogP contribution < -0.4 is 14.8 Å². The number of rotatable bonds is 9. The molecule has 4 rings (SSSR count). The van der Waals surface area contributed by atoms with Gasteiger partial charge in [-0.3, -0.25) is 0 Å². The van der Waals surface area contributed by atoms with E-state index in [-0.39, 0.29) is 23.8 Å².